The van der Waals surface area contributed by atoms with E-state index in [1.54, 1.807) is 18.2 Å². The van der Waals surface area contributed by atoms with Crippen LogP contribution in [0.25, 0.3) is 0 Å². The molecule has 1 atom stereocenters. The summed E-state index contributed by atoms with van der Waals surface area (Å²) in [5.74, 6) is -1.44. The Balaban J connectivity index is 1.77. The van der Waals surface area contributed by atoms with Gasteiger partial charge < -0.3 is 10.2 Å². The van der Waals surface area contributed by atoms with Gasteiger partial charge in [-0.2, -0.15) is 0 Å². The van der Waals surface area contributed by atoms with Gasteiger partial charge in [-0.15, -0.1) is 0 Å². The zero-order valence-corrected chi connectivity index (χ0v) is 24.2. The fourth-order valence-electron chi connectivity index (χ4n) is 4.56. The van der Waals surface area contributed by atoms with Gasteiger partial charge in [0, 0.05) is 19.5 Å². The van der Waals surface area contributed by atoms with Crippen molar-refractivity contribution in [2.75, 3.05) is 17.4 Å². The molecule has 0 aliphatic heterocycles. The summed E-state index contributed by atoms with van der Waals surface area (Å²) < 4.78 is 42.5. The number of rotatable bonds is 13. The van der Waals surface area contributed by atoms with Crippen LogP contribution in [-0.2, 0) is 32.6 Å². The van der Waals surface area contributed by atoms with Gasteiger partial charge >= 0.3 is 0 Å². The third kappa shape index (κ3) is 7.82. The number of benzene rings is 4. The van der Waals surface area contributed by atoms with Crippen LogP contribution in [0.1, 0.15) is 24.5 Å². The molecule has 0 spiro atoms. The lowest BCUT2D eigenvalue weighted by molar-refractivity contribution is -0.140. The summed E-state index contributed by atoms with van der Waals surface area (Å²) in [5, 5.41) is 2.91. The molecule has 1 unspecified atom stereocenters. The van der Waals surface area contributed by atoms with Crippen molar-refractivity contribution < 1.29 is 22.4 Å². The summed E-state index contributed by atoms with van der Waals surface area (Å²) in [6.45, 7) is 1.86. The number of carbonyl (C=O) groups excluding carboxylic acids is 2. The van der Waals surface area contributed by atoms with Crippen molar-refractivity contribution >= 4 is 27.5 Å². The van der Waals surface area contributed by atoms with Crippen molar-refractivity contribution in [3.63, 3.8) is 0 Å². The Kier molecular flexibility index (Phi) is 10.4. The van der Waals surface area contributed by atoms with Crippen molar-refractivity contribution in [1.82, 2.24) is 10.2 Å². The maximum atomic E-state index is 14.3. The number of hydrogen-bond acceptors (Lipinski definition) is 4. The molecule has 0 heterocycles. The molecule has 1 N–H and O–H groups in total. The van der Waals surface area contributed by atoms with Gasteiger partial charge in [0.15, 0.2) is 0 Å². The molecule has 0 aliphatic rings. The molecule has 4 rings (SSSR count). The van der Waals surface area contributed by atoms with Crippen molar-refractivity contribution in [3.8, 4) is 0 Å². The highest BCUT2D eigenvalue weighted by Gasteiger charge is 2.34. The van der Waals surface area contributed by atoms with Crippen LogP contribution in [0.4, 0.5) is 10.1 Å². The number of nitrogens with zero attached hydrogens (tertiary/aromatic N) is 2. The average Bonchev–Trinajstić information content (AvgIpc) is 3.02. The third-order valence-electron chi connectivity index (χ3n) is 6.74. The summed E-state index contributed by atoms with van der Waals surface area (Å²) in [4.78, 5) is 29.2. The minimum atomic E-state index is -4.22. The van der Waals surface area contributed by atoms with Gasteiger partial charge in [-0.1, -0.05) is 85.8 Å². The second-order valence-corrected chi connectivity index (χ2v) is 11.7. The maximum absolute atomic E-state index is 14.3. The molecule has 4 aromatic rings. The van der Waals surface area contributed by atoms with Gasteiger partial charge in [0.05, 0.1) is 10.6 Å². The Labute approximate surface area is 246 Å². The van der Waals surface area contributed by atoms with Crippen molar-refractivity contribution in [2.24, 2.45) is 0 Å². The summed E-state index contributed by atoms with van der Waals surface area (Å²) in [6, 6.07) is 30.4. The lowest BCUT2D eigenvalue weighted by atomic mass is 10.0. The molecule has 0 radical (unpaired) electrons. The molecule has 7 nitrogen and oxygen atoms in total. The molecule has 42 heavy (non-hydrogen) atoms. The average molecular weight is 588 g/mol. The predicted molar refractivity (Wildman–Crippen MR) is 162 cm³/mol. The largest absolute Gasteiger partial charge is 0.354 e. The Morgan fingerprint density at radius 3 is 1.90 bits per heavy atom. The highest BCUT2D eigenvalue weighted by atomic mass is 32.2. The first-order valence-electron chi connectivity index (χ1n) is 13.8. The first-order valence-corrected chi connectivity index (χ1v) is 15.2. The Hall–Kier alpha value is -4.50. The molecular formula is C33H34FN3O4S. The van der Waals surface area contributed by atoms with Crippen LogP contribution in [0.2, 0.25) is 0 Å². The van der Waals surface area contributed by atoms with E-state index in [0.717, 1.165) is 27.6 Å². The van der Waals surface area contributed by atoms with Crippen LogP contribution in [0.3, 0.4) is 0 Å². The standard InChI is InChI=1S/C33H34FN3O4S/c1-2-22-35-33(39)31(23-26-12-6-3-7-13-26)36(24-27-14-8-4-9-15-27)32(38)25-37(29-20-18-28(34)19-21-29)42(40,41)30-16-10-5-11-17-30/h3-21,31H,2,22-25H2,1H3,(H,35,39). The van der Waals surface area contributed by atoms with Crippen molar-refractivity contribution in [2.45, 2.75) is 37.2 Å². The molecule has 0 saturated heterocycles. The molecule has 0 aromatic heterocycles. The van der Waals surface area contributed by atoms with Gasteiger partial charge in [-0.05, 0) is 53.9 Å². The fraction of sp³-hybridized carbons (Fsp3) is 0.212. The van der Waals surface area contributed by atoms with E-state index >= 15 is 0 Å². The Bertz CT molecular complexity index is 1550. The lowest BCUT2D eigenvalue weighted by Gasteiger charge is -2.34. The van der Waals surface area contributed by atoms with E-state index in [1.807, 2.05) is 67.6 Å². The zero-order chi connectivity index (χ0) is 30.0. The normalized spacial score (nSPS) is 11.9. The summed E-state index contributed by atoms with van der Waals surface area (Å²) >= 11 is 0. The van der Waals surface area contributed by atoms with Crippen LogP contribution in [0.5, 0.6) is 0 Å². The Morgan fingerprint density at radius 2 is 1.33 bits per heavy atom. The van der Waals surface area contributed by atoms with Gasteiger partial charge in [0.2, 0.25) is 11.8 Å². The number of halogens is 1. The molecule has 0 saturated carbocycles. The molecule has 0 aliphatic carbocycles. The quantitative estimate of drug-likeness (QED) is 0.233. The summed E-state index contributed by atoms with van der Waals surface area (Å²) in [7, 11) is -4.22. The molecule has 9 heteroatoms. The van der Waals surface area contributed by atoms with Crippen LogP contribution in [0.15, 0.2) is 120 Å². The number of nitrogens with one attached hydrogen (secondary N) is 1. The van der Waals surface area contributed by atoms with Crippen molar-refractivity contribution in [1.29, 1.82) is 0 Å². The van der Waals surface area contributed by atoms with Gasteiger partial charge in [-0.25, -0.2) is 12.8 Å². The minimum absolute atomic E-state index is 0.0155. The van der Waals surface area contributed by atoms with E-state index < -0.39 is 34.3 Å². The maximum Gasteiger partial charge on any atom is 0.264 e. The number of sulfonamides is 1. The second-order valence-electron chi connectivity index (χ2n) is 9.80. The fourth-order valence-corrected chi connectivity index (χ4v) is 5.99. The third-order valence-corrected chi connectivity index (χ3v) is 8.53. The first-order chi connectivity index (χ1) is 20.3. The van der Waals surface area contributed by atoms with E-state index in [1.165, 1.54) is 29.2 Å². The summed E-state index contributed by atoms with van der Waals surface area (Å²) in [6.07, 6.45) is 0.945. The number of anilines is 1. The molecule has 2 amide bonds. The second kappa shape index (κ2) is 14.4. The summed E-state index contributed by atoms with van der Waals surface area (Å²) in [5.41, 5.74) is 1.77. The highest BCUT2D eigenvalue weighted by molar-refractivity contribution is 7.92. The van der Waals surface area contributed by atoms with Gasteiger partial charge in [0.1, 0.15) is 18.4 Å². The molecule has 0 bridgehead atoms. The van der Waals surface area contributed by atoms with Crippen molar-refractivity contribution in [3.05, 3.63) is 132 Å². The molecule has 4 aromatic carbocycles. The van der Waals surface area contributed by atoms with E-state index in [0.29, 0.717) is 13.0 Å². The number of amides is 2. The van der Waals surface area contributed by atoms with E-state index in [-0.39, 0.29) is 29.5 Å². The molecule has 0 fully saturated rings. The predicted octanol–water partition coefficient (Wildman–Crippen LogP) is 5.19. The monoisotopic (exact) mass is 587 g/mol. The molecular weight excluding hydrogens is 553 g/mol. The SMILES string of the molecule is CCCNC(=O)C(Cc1ccccc1)N(Cc1ccccc1)C(=O)CN(c1ccc(F)cc1)S(=O)(=O)c1ccccc1. The van der Waals surface area contributed by atoms with Crippen LogP contribution in [0, 0.1) is 5.82 Å². The lowest BCUT2D eigenvalue weighted by Crippen LogP contribution is -2.53. The van der Waals surface area contributed by atoms with Gasteiger partial charge in [-0.3, -0.25) is 13.9 Å². The van der Waals surface area contributed by atoms with Crippen LogP contribution >= 0.6 is 0 Å². The van der Waals surface area contributed by atoms with Crippen LogP contribution in [-0.4, -0.2) is 44.3 Å². The van der Waals surface area contributed by atoms with E-state index in [9.17, 15) is 22.4 Å². The van der Waals surface area contributed by atoms with E-state index in [2.05, 4.69) is 5.32 Å². The number of carbonyl (C=O) groups is 2. The topological polar surface area (TPSA) is 86.8 Å². The number of hydrogen-bond donors (Lipinski definition) is 1. The zero-order valence-electron chi connectivity index (χ0n) is 23.4. The molecule has 218 valence electrons. The first kappa shape index (κ1) is 30.5. The smallest absolute Gasteiger partial charge is 0.264 e. The highest BCUT2D eigenvalue weighted by Crippen LogP contribution is 2.25. The van der Waals surface area contributed by atoms with Gasteiger partial charge in [0.25, 0.3) is 10.0 Å². The Morgan fingerprint density at radius 1 is 0.786 bits per heavy atom. The van der Waals surface area contributed by atoms with E-state index in [4.69, 9.17) is 0 Å². The minimum Gasteiger partial charge on any atom is -0.354 e. The van der Waals surface area contributed by atoms with Crippen LogP contribution < -0.4 is 9.62 Å².